The van der Waals surface area contributed by atoms with Crippen LogP contribution in [-0.2, 0) is 9.84 Å². The molecular formula is C11H12O2S. The van der Waals surface area contributed by atoms with Crippen LogP contribution in [-0.4, -0.2) is 8.42 Å². The maximum Gasteiger partial charge on any atom is 0.199 e. The summed E-state index contributed by atoms with van der Waals surface area (Å²) >= 11 is 0. The molecule has 0 amide bonds. The van der Waals surface area contributed by atoms with Crippen molar-refractivity contribution in [2.45, 2.75) is 11.8 Å². The predicted octanol–water partition coefficient (Wildman–Crippen LogP) is 2.64. The SMILES string of the molecule is C=CS(=O)(=O)c1ccc(/C=C\C)cc1. The van der Waals surface area contributed by atoms with E-state index in [0.717, 1.165) is 11.0 Å². The summed E-state index contributed by atoms with van der Waals surface area (Å²) in [5.41, 5.74) is 0.982. The molecule has 0 saturated carbocycles. The van der Waals surface area contributed by atoms with Crippen LogP contribution in [0.3, 0.4) is 0 Å². The molecule has 3 heteroatoms. The lowest BCUT2D eigenvalue weighted by Gasteiger charge is -1.98. The highest BCUT2D eigenvalue weighted by Gasteiger charge is 2.07. The van der Waals surface area contributed by atoms with Crippen LogP contribution in [0.25, 0.3) is 6.08 Å². The van der Waals surface area contributed by atoms with E-state index in [0.29, 0.717) is 0 Å². The van der Waals surface area contributed by atoms with Crippen molar-refractivity contribution in [1.29, 1.82) is 0 Å². The average molecular weight is 208 g/mol. The van der Waals surface area contributed by atoms with E-state index in [9.17, 15) is 8.42 Å². The molecule has 0 aliphatic carbocycles. The molecule has 0 heterocycles. The van der Waals surface area contributed by atoms with Crippen molar-refractivity contribution in [2.24, 2.45) is 0 Å². The van der Waals surface area contributed by atoms with Crippen LogP contribution in [0.4, 0.5) is 0 Å². The fourth-order valence-corrected chi connectivity index (χ4v) is 1.77. The standard InChI is InChI=1S/C11H12O2S/c1-3-5-10-6-8-11(9-7-10)14(12,13)4-2/h3-9H,2H2,1H3/b5-3-. The Morgan fingerprint density at radius 3 is 2.21 bits per heavy atom. The first-order chi connectivity index (χ1) is 6.60. The van der Waals surface area contributed by atoms with E-state index in [1.165, 1.54) is 0 Å². The van der Waals surface area contributed by atoms with Gasteiger partial charge in [0.25, 0.3) is 0 Å². The van der Waals surface area contributed by atoms with Crippen molar-refractivity contribution in [3.05, 3.63) is 47.9 Å². The predicted molar refractivity (Wildman–Crippen MR) is 58.5 cm³/mol. The van der Waals surface area contributed by atoms with Crippen molar-refractivity contribution in [3.8, 4) is 0 Å². The second kappa shape index (κ2) is 4.24. The molecule has 0 atom stereocenters. The number of hydrogen-bond acceptors (Lipinski definition) is 2. The number of benzene rings is 1. The molecule has 1 rings (SSSR count). The number of sulfone groups is 1. The van der Waals surface area contributed by atoms with E-state index < -0.39 is 9.84 Å². The Labute approximate surface area is 84.5 Å². The molecule has 0 bridgehead atoms. The van der Waals surface area contributed by atoms with Crippen LogP contribution in [0.2, 0.25) is 0 Å². The summed E-state index contributed by atoms with van der Waals surface area (Å²) in [6.07, 6.45) is 3.81. The highest BCUT2D eigenvalue weighted by Crippen LogP contribution is 2.13. The average Bonchev–Trinajstić information content (AvgIpc) is 2.19. The van der Waals surface area contributed by atoms with Crippen molar-refractivity contribution in [2.75, 3.05) is 0 Å². The van der Waals surface area contributed by atoms with Gasteiger partial charge in [0.1, 0.15) is 0 Å². The number of allylic oxidation sites excluding steroid dienone is 1. The third kappa shape index (κ3) is 2.33. The second-order valence-electron chi connectivity index (χ2n) is 2.78. The van der Waals surface area contributed by atoms with Crippen molar-refractivity contribution < 1.29 is 8.42 Å². The minimum atomic E-state index is -3.29. The number of hydrogen-bond donors (Lipinski definition) is 0. The molecule has 1 aromatic carbocycles. The highest BCUT2D eigenvalue weighted by molar-refractivity contribution is 7.94. The second-order valence-corrected chi connectivity index (χ2v) is 4.68. The summed E-state index contributed by atoms with van der Waals surface area (Å²) in [7, 11) is -3.29. The molecule has 74 valence electrons. The lowest BCUT2D eigenvalue weighted by atomic mass is 10.2. The summed E-state index contributed by atoms with van der Waals surface area (Å²) in [6, 6.07) is 6.67. The zero-order chi connectivity index (χ0) is 10.6. The molecule has 0 radical (unpaired) electrons. The van der Waals surface area contributed by atoms with Gasteiger partial charge in [-0.2, -0.15) is 0 Å². The van der Waals surface area contributed by atoms with E-state index in [2.05, 4.69) is 6.58 Å². The van der Waals surface area contributed by atoms with Gasteiger partial charge in [0.2, 0.25) is 0 Å². The summed E-state index contributed by atoms with van der Waals surface area (Å²) < 4.78 is 22.7. The normalized spacial score (nSPS) is 11.8. The molecule has 0 aliphatic heterocycles. The van der Waals surface area contributed by atoms with Gasteiger partial charge in [-0.3, -0.25) is 0 Å². The molecule has 0 spiro atoms. The first-order valence-electron chi connectivity index (χ1n) is 4.20. The quantitative estimate of drug-likeness (QED) is 0.765. The monoisotopic (exact) mass is 208 g/mol. The molecule has 1 aromatic rings. The van der Waals surface area contributed by atoms with E-state index >= 15 is 0 Å². The number of rotatable bonds is 3. The van der Waals surface area contributed by atoms with E-state index in [1.54, 1.807) is 24.3 Å². The van der Waals surface area contributed by atoms with Crippen LogP contribution in [0.5, 0.6) is 0 Å². The Hall–Kier alpha value is -1.35. The van der Waals surface area contributed by atoms with Gasteiger partial charge < -0.3 is 0 Å². The molecular weight excluding hydrogens is 196 g/mol. The van der Waals surface area contributed by atoms with E-state index in [4.69, 9.17) is 0 Å². The summed E-state index contributed by atoms with van der Waals surface area (Å²) in [5.74, 6) is 0. The zero-order valence-corrected chi connectivity index (χ0v) is 8.79. The van der Waals surface area contributed by atoms with Crippen molar-refractivity contribution >= 4 is 15.9 Å². The Balaban J connectivity index is 3.12. The lowest BCUT2D eigenvalue weighted by molar-refractivity contribution is 0.604. The van der Waals surface area contributed by atoms with Crippen LogP contribution in [0.1, 0.15) is 12.5 Å². The van der Waals surface area contributed by atoms with Gasteiger partial charge in [0.15, 0.2) is 9.84 Å². The van der Waals surface area contributed by atoms with E-state index in [1.807, 2.05) is 19.1 Å². The molecule has 14 heavy (non-hydrogen) atoms. The van der Waals surface area contributed by atoms with Gasteiger partial charge in [-0.1, -0.05) is 30.9 Å². The first-order valence-corrected chi connectivity index (χ1v) is 5.75. The largest absolute Gasteiger partial charge is 0.219 e. The minimum absolute atomic E-state index is 0.278. The summed E-state index contributed by atoms with van der Waals surface area (Å²) in [4.78, 5) is 0.278. The highest BCUT2D eigenvalue weighted by atomic mass is 32.2. The summed E-state index contributed by atoms with van der Waals surface area (Å²) in [5, 5.41) is 0.956. The fourth-order valence-electron chi connectivity index (χ4n) is 1.06. The molecule has 2 nitrogen and oxygen atoms in total. The third-order valence-corrected chi connectivity index (χ3v) is 3.16. The molecule has 0 aromatic heterocycles. The maximum atomic E-state index is 11.3. The van der Waals surface area contributed by atoms with Crippen molar-refractivity contribution in [1.82, 2.24) is 0 Å². The van der Waals surface area contributed by atoms with Gasteiger partial charge in [-0.25, -0.2) is 8.42 Å². The molecule has 0 unspecified atom stereocenters. The topological polar surface area (TPSA) is 34.1 Å². The van der Waals surface area contributed by atoms with Crippen LogP contribution < -0.4 is 0 Å². The summed E-state index contributed by atoms with van der Waals surface area (Å²) in [6.45, 7) is 5.18. The molecule has 0 fully saturated rings. The van der Waals surface area contributed by atoms with Gasteiger partial charge in [-0.05, 0) is 24.6 Å². The van der Waals surface area contributed by atoms with Crippen LogP contribution in [0, 0.1) is 0 Å². The van der Waals surface area contributed by atoms with Gasteiger partial charge >= 0.3 is 0 Å². The Bertz CT molecular complexity index is 439. The Morgan fingerprint density at radius 2 is 1.79 bits per heavy atom. The zero-order valence-electron chi connectivity index (χ0n) is 7.97. The third-order valence-electron chi connectivity index (χ3n) is 1.79. The van der Waals surface area contributed by atoms with Crippen molar-refractivity contribution in [3.63, 3.8) is 0 Å². The molecule has 0 N–H and O–H groups in total. The Kier molecular flexibility index (Phi) is 3.25. The maximum absolute atomic E-state index is 11.3. The molecule has 0 aliphatic rings. The van der Waals surface area contributed by atoms with Gasteiger partial charge in [0, 0.05) is 5.41 Å². The van der Waals surface area contributed by atoms with Gasteiger partial charge in [0.05, 0.1) is 4.90 Å². The Morgan fingerprint density at radius 1 is 1.21 bits per heavy atom. The van der Waals surface area contributed by atoms with Crippen LogP contribution in [0.15, 0.2) is 47.2 Å². The fraction of sp³-hybridized carbons (Fsp3) is 0.0909. The minimum Gasteiger partial charge on any atom is -0.219 e. The molecule has 0 saturated heterocycles. The van der Waals surface area contributed by atoms with E-state index in [-0.39, 0.29) is 4.90 Å². The van der Waals surface area contributed by atoms with Crippen LogP contribution >= 0.6 is 0 Å². The van der Waals surface area contributed by atoms with Gasteiger partial charge in [-0.15, -0.1) is 0 Å². The smallest absolute Gasteiger partial charge is 0.199 e. The lowest BCUT2D eigenvalue weighted by Crippen LogP contribution is -1.94. The first kappa shape index (κ1) is 10.7.